The predicted octanol–water partition coefficient (Wildman–Crippen LogP) is 0.889. The molecule has 0 aliphatic rings. The quantitative estimate of drug-likeness (QED) is 0.572. The topological polar surface area (TPSA) is 38.0 Å². The Morgan fingerprint density at radius 2 is 2.10 bits per heavy atom. The highest BCUT2D eigenvalue weighted by Gasteiger charge is 2.08. The molecule has 0 aromatic carbocycles. The van der Waals surface area contributed by atoms with E-state index >= 15 is 0 Å². The minimum atomic E-state index is -0.116. The van der Waals surface area contributed by atoms with Crippen molar-refractivity contribution in [2.45, 2.75) is 26.3 Å². The molecule has 0 radical (unpaired) electrons. The van der Waals surface area contributed by atoms with Crippen LogP contribution < -0.4 is 11.1 Å². The van der Waals surface area contributed by atoms with Crippen molar-refractivity contribution >= 4 is 0 Å². The summed E-state index contributed by atoms with van der Waals surface area (Å²) in [6.07, 6.45) is 0. The van der Waals surface area contributed by atoms with Crippen molar-refractivity contribution in [3.05, 3.63) is 12.2 Å². The molecule has 0 aromatic rings. The SMILES string of the molecule is C=C(C)CNCC(C)(C)N. The van der Waals surface area contributed by atoms with Crippen LogP contribution in [0.2, 0.25) is 0 Å². The van der Waals surface area contributed by atoms with E-state index in [2.05, 4.69) is 11.9 Å². The van der Waals surface area contributed by atoms with Gasteiger partial charge >= 0.3 is 0 Å². The number of hydrogen-bond acceptors (Lipinski definition) is 2. The second kappa shape index (κ2) is 3.74. The first-order chi connectivity index (χ1) is 4.42. The maximum absolute atomic E-state index is 5.73. The first kappa shape index (κ1) is 9.66. The van der Waals surface area contributed by atoms with Crippen LogP contribution in [-0.4, -0.2) is 18.6 Å². The van der Waals surface area contributed by atoms with Crippen molar-refractivity contribution in [2.75, 3.05) is 13.1 Å². The van der Waals surface area contributed by atoms with Gasteiger partial charge in [-0.1, -0.05) is 12.2 Å². The average molecular weight is 142 g/mol. The molecule has 60 valence electrons. The highest BCUT2D eigenvalue weighted by Crippen LogP contribution is 1.92. The largest absolute Gasteiger partial charge is 0.324 e. The minimum Gasteiger partial charge on any atom is -0.324 e. The Bertz CT molecular complexity index is 111. The van der Waals surface area contributed by atoms with E-state index in [9.17, 15) is 0 Å². The van der Waals surface area contributed by atoms with Gasteiger partial charge in [0.1, 0.15) is 0 Å². The van der Waals surface area contributed by atoms with Gasteiger partial charge in [0, 0.05) is 18.6 Å². The Hall–Kier alpha value is -0.340. The van der Waals surface area contributed by atoms with E-state index in [0.717, 1.165) is 18.7 Å². The van der Waals surface area contributed by atoms with Crippen LogP contribution in [0.4, 0.5) is 0 Å². The summed E-state index contributed by atoms with van der Waals surface area (Å²) in [6.45, 7) is 11.5. The summed E-state index contributed by atoms with van der Waals surface area (Å²) in [5, 5.41) is 3.20. The van der Waals surface area contributed by atoms with Crippen LogP contribution >= 0.6 is 0 Å². The third-order valence-electron chi connectivity index (χ3n) is 1.01. The molecule has 0 fully saturated rings. The molecule has 0 heterocycles. The smallest absolute Gasteiger partial charge is 0.0223 e. The van der Waals surface area contributed by atoms with Crippen LogP contribution in [-0.2, 0) is 0 Å². The molecule has 3 N–H and O–H groups in total. The average Bonchev–Trinajstić information content (AvgIpc) is 1.59. The zero-order valence-corrected chi connectivity index (χ0v) is 7.20. The molecule has 2 heteroatoms. The lowest BCUT2D eigenvalue weighted by Gasteiger charge is -2.18. The molecule has 0 bridgehead atoms. The predicted molar refractivity (Wildman–Crippen MR) is 46.0 cm³/mol. The molecular formula is C8H18N2. The van der Waals surface area contributed by atoms with Crippen molar-refractivity contribution in [3.63, 3.8) is 0 Å². The van der Waals surface area contributed by atoms with E-state index in [1.165, 1.54) is 0 Å². The molecule has 0 aliphatic carbocycles. The van der Waals surface area contributed by atoms with Crippen molar-refractivity contribution < 1.29 is 0 Å². The van der Waals surface area contributed by atoms with Gasteiger partial charge in [-0.2, -0.15) is 0 Å². The monoisotopic (exact) mass is 142 g/mol. The molecule has 0 aromatic heterocycles. The Balaban J connectivity index is 3.29. The highest BCUT2D eigenvalue weighted by molar-refractivity contribution is 4.91. The molecule has 0 saturated heterocycles. The van der Waals surface area contributed by atoms with Gasteiger partial charge < -0.3 is 11.1 Å². The molecular weight excluding hydrogens is 124 g/mol. The summed E-state index contributed by atoms with van der Waals surface area (Å²) in [6, 6.07) is 0. The van der Waals surface area contributed by atoms with Gasteiger partial charge in [0.05, 0.1) is 0 Å². The summed E-state index contributed by atoms with van der Waals surface area (Å²) in [7, 11) is 0. The molecule has 10 heavy (non-hydrogen) atoms. The maximum atomic E-state index is 5.73. The Labute approximate surface area is 63.5 Å². The number of hydrogen-bond donors (Lipinski definition) is 2. The van der Waals surface area contributed by atoms with Crippen LogP contribution in [0, 0.1) is 0 Å². The lowest BCUT2D eigenvalue weighted by Crippen LogP contribution is -2.43. The summed E-state index contributed by atoms with van der Waals surface area (Å²) >= 11 is 0. The Kier molecular flexibility index (Phi) is 3.61. The number of nitrogens with two attached hydrogens (primary N) is 1. The van der Waals surface area contributed by atoms with E-state index in [1.54, 1.807) is 0 Å². The molecule has 0 saturated carbocycles. The van der Waals surface area contributed by atoms with Gasteiger partial charge in [-0.05, 0) is 20.8 Å². The van der Waals surface area contributed by atoms with Crippen LogP contribution in [0.15, 0.2) is 12.2 Å². The fourth-order valence-electron chi connectivity index (χ4n) is 0.598. The normalized spacial score (nSPS) is 11.6. The van der Waals surface area contributed by atoms with Gasteiger partial charge in [-0.15, -0.1) is 0 Å². The molecule has 0 rings (SSSR count). The lowest BCUT2D eigenvalue weighted by molar-refractivity contribution is 0.478. The zero-order valence-electron chi connectivity index (χ0n) is 7.20. The highest BCUT2D eigenvalue weighted by atomic mass is 14.9. The summed E-state index contributed by atoms with van der Waals surface area (Å²) < 4.78 is 0. The second-order valence-corrected chi connectivity index (χ2v) is 3.55. The van der Waals surface area contributed by atoms with Crippen LogP contribution in [0.5, 0.6) is 0 Å². The number of rotatable bonds is 4. The third kappa shape index (κ3) is 7.66. The van der Waals surface area contributed by atoms with Crippen LogP contribution in [0.1, 0.15) is 20.8 Å². The van der Waals surface area contributed by atoms with E-state index < -0.39 is 0 Å². The van der Waals surface area contributed by atoms with Crippen molar-refractivity contribution in [2.24, 2.45) is 5.73 Å². The van der Waals surface area contributed by atoms with E-state index in [-0.39, 0.29) is 5.54 Å². The first-order valence-corrected chi connectivity index (χ1v) is 3.56. The van der Waals surface area contributed by atoms with Crippen molar-refractivity contribution in [3.8, 4) is 0 Å². The van der Waals surface area contributed by atoms with Gasteiger partial charge in [0.25, 0.3) is 0 Å². The second-order valence-electron chi connectivity index (χ2n) is 3.55. The summed E-state index contributed by atoms with van der Waals surface area (Å²) in [5.74, 6) is 0. The minimum absolute atomic E-state index is 0.116. The number of nitrogens with one attached hydrogen (secondary N) is 1. The van der Waals surface area contributed by atoms with E-state index in [4.69, 9.17) is 5.73 Å². The van der Waals surface area contributed by atoms with Gasteiger partial charge in [0.15, 0.2) is 0 Å². The molecule has 0 amide bonds. The zero-order chi connectivity index (χ0) is 8.20. The fraction of sp³-hybridized carbons (Fsp3) is 0.750. The van der Waals surface area contributed by atoms with Crippen molar-refractivity contribution in [1.29, 1.82) is 0 Å². The molecule has 0 spiro atoms. The molecule has 2 nitrogen and oxygen atoms in total. The summed E-state index contributed by atoms with van der Waals surface area (Å²) in [5.41, 5.74) is 6.76. The Morgan fingerprint density at radius 3 is 2.40 bits per heavy atom. The Morgan fingerprint density at radius 1 is 1.60 bits per heavy atom. The lowest BCUT2D eigenvalue weighted by atomic mass is 10.1. The van der Waals surface area contributed by atoms with Crippen LogP contribution in [0.3, 0.4) is 0 Å². The van der Waals surface area contributed by atoms with Gasteiger partial charge in [0.2, 0.25) is 0 Å². The summed E-state index contributed by atoms with van der Waals surface area (Å²) in [4.78, 5) is 0. The van der Waals surface area contributed by atoms with Gasteiger partial charge in [-0.3, -0.25) is 0 Å². The maximum Gasteiger partial charge on any atom is 0.0223 e. The van der Waals surface area contributed by atoms with Gasteiger partial charge in [-0.25, -0.2) is 0 Å². The first-order valence-electron chi connectivity index (χ1n) is 3.56. The van der Waals surface area contributed by atoms with Crippen LogP contribution in [0.25, 0.3) is 0 Å². The van der Waals surface area contributed by atoms with E-state index in [1.807, 2.05) is 20.8 Å². The molecule has 0 atom stereocenters. The third-order valence-corrected chi connectivity index (χ3v) is 1.01. The van der Waals surface area contributed by atoms with E-state index in [0.29, 0.717) is 0 Å². The fourth-order valence-corrected chi connectivity index (χ4v) is 0.598. The molecule has 0 unspecified atom stereocenters. The van der Waals surface area contributed by atoms with Crippen molar-refractivity contribution in [1.82, 2.24) is 5.32 Å². The molecule has 0 aliphatic heterocycles. The standard InChI is InChI=1S/C8H18N2/c1-7(2)5-10-6-8(3,4)9/h10H,1,5-6,9H2,2-4H3.